The molecule has 184 valence electrons. The minimum atomic E-state index is -4.44. The number of carboxylic acids is 3. The number of rotatable bonds is 10. The quantitative estimate of drug-likeness (QED) is 0.145. The Morgan fingerprint density at radius 3 is 1.29 bits per heavy atom. The van der Waals surface area contributed by atoms with Crippen LogP contribution in [0.1, 0.15) is 12.8 Å². The topological polar surface area (TPSA) is 319 Å². The van der Waals surface area contributed by atoms with Gasteiger partial charge >= 0.3 is 39.3 Å². The van der Waals surface area contributed by atoms with Crippen molar-refractivity contribution in [3.05, 3.63) is 9.93 Å². The molecule has 20 heteroatoms. The SMILES string of the molecule is CO.O=C(O)CCCP(=O)(O)O.O=C(O)CN(CC(=O)O)CP(=O)(O)O.O=C=O.O=O. The van der Waals surface area contributed by atoms with Crippen molar-refractivity contribution in [1.29, 1.82) is 0 Å². The Bertz CT molecular complexity index is 604. The largest absolute Gasteiger partial charge is 0.481 e. The first-order chi connectivity index (χ1) is 14.0. The maximum Gasteiger partial charge on any atom is 0.373 e. The summed E-state index contributed by atoms with van der Waals surface area (Å²) in [5.74, 6) is -3.73. The van der Waals surface area contributed by atoms with Crippen LogP contribution in [-0.2, 0) is 33.1 Å². The molecule has 0 spiro atoms. The van der Waals surface area contributed by atoms with E-state index >= 15 is 0 Å². The summed E-state index contributed by atoms with van der Waals surface area (Å²) in [4.78, 5) is 94.6. The Hall–Kier alpha value is -2.39. The first-order valence-corrected chi connectivity index (χ1v) is 10.7. The highest BCUT2D eigenvalue weighted by Crippen LogP contribution is 2.35. The summed E-state index contributed by atoms with van der Waals surface area (Å²) in [6, 6.07) is 0. The Morgan fingerprint density at radius 2 is 1.10 bits per heavy atom. The summed E-state index contributed by atoms with van der Waals surface area (Å²) < 4.78 is 20.6. The molecule has 0 fully saturated rings. The van der Waals surface area contributed by atoms with E-state index in [1.54, 1.807) is 0 Å². The molecule has 0 unspecified atom stereocenters. The van der Waals surface area contributed by atoms with E-state index in [1.807, 2.05) is 0 Å². The van der Waals surface area contributed by atoms with E-state index in [9.17, 15) is 23.5 Å². The number of aliphatic carboxylic acids is 3. The van der Waals surface area contributed by atoms with Gasteiger partial charge in [-0.05, 0) is 6.42 Å². The third-order valence-corrected chi connectivity index (χ3v) is 3.61. The monoisotopic (exact) mass is 503 g/mol. The lowest BCUT2D eigenvalue weighted by molar-refractivity contribution is -0.191. The Morgan fingerprint density at radius 1 is 0.774 bits per heavy atom. The third kappa shape index (κ3) is 58.4. The van der Waals surface area contributed by atoms with E-state index < -0.39 is 52.5 Å². The fourth-order valence-electron chi connectivity index (χ4n) is 1.24. The molecule has 0 saturated carbocycles. The molecule has 0 saturated heterocycles. The maximum absolute atomic E-state index is 10.5. The van der Waals surface area contributed by atoms with Crippen molar-refractivity contribution in [1.82, 2.24) is 4.90 Å². The lowest BCUT2D eigenvalue weighted by atomic mass is 10.3. The van der Waals surface area contributed by atoms with Gasteiger partial charge in [-0.2, -0.15) is 9.59 Å². The molecular formula is C11H23NO17P2. The van der Waals surface area contributed by atoms with Crippen molar-refractivity contribution in [2.24, 2.45) is 0 Å². The number of carbonyl (C=O) groups is 3. The van der Waals surface area contributed by atoms with Crippen molar-refractivity contribution in [3.63, 3.8) is 0 Å². The van der Waals surface area contributed by atoms with Crippen LogP contribution in [-0.4, -0.2) is 102 Å². The van der Waals surface area contributed by atoms with Gasteiger partial charge in [-0.1, -0.05) is 0 Å². The molecule has 0 atom stereocenters. The molecule has 0 radical (unpaired) electrons. The van der Waals surface area contributed by atoms with E-state index in [-0.39, 0.29) is 25.2 Å². The molecule has 0 aromatic heterocycles. The van der Waals surface area contributed by atoms with Crippen LogP contribution < -0.4 is 0 Å². The normalized spacial score (nSPS) is 9.52. The minimum absolute atomic E-state index is 0.0274. The van der Waals surface area contributed by atoms with Crippen molar-refractivity contribution in [2.75, 3.05) is 32.6 Å². The van der Waals surface area contributed by atoms with Gasteiger partial charge in [-0.25, -0.2) is 0 Å². The first kappa shape index (κ1) is 39.1. The van der Waals surface area contributed by atoms with Crippen LogP contribution >= 0.6 is 15.2 Å². The van der Waals surface area contributed by atoms with Crippen LogP contribution in [0.5, 0.6) is 0 Å². The van der Waals surface area contributed by atoms with Gasteiger partial charge in [0.15, 0.2) is 0 Å². The second-order valence-electron chi connectivity index (χ2n) is 4.55. The number of nitrogens with zero attached hydrogens (tertiary/aromatic N) is 1. The second-order valence-corrected chi connectivity index (χ2v) is 7.94. The molecule has 18 nitrogen and oxygen atoms in total. The molecule has 0 aliphatic carbocycles. The number of hydrogen-bond donors (Lipinski definition) is 8. The molecular weight excluding hydrogens is 480 g/mol. The van der Waals surface area contributed by atoms with E-state index in [2.05, 4.69) is 0 Å². The Kier molecular flexibility index (Phi) is 30.1. The zero-order valence-electron chi connectivity index (χ0n) is 15.8. The minimum Gasteiger partial charge on any atom is -0.481 e. The predicted octanol–water partition coefficient (Wildman–Crippen LogP) is -2.29. The number of carboxylic acid groups (broad SMARTS) is 3. The van der Waals surface area contributed by atoms with Crippen LogP contribution in [0.4, 0.5) is 0 Å². The summed E-state index contributed by atoms with van der Waals surface area (Å²) in [6.07, 6.45) is -1.14. The number of carbonyl (C=O) groups excluding carboxylic acids is 2. The molecule has 0 heterocycles. The van der Waals surface area contributed by atoms with E-state index in [0.29, 0.717) is 4.90 Å². The lowest BCUT2D eigenvalue weighted by Gasteiger charge is -2.17. The smallest absolute Gasteiger partial charge is 0.373 e. The van der Waals surface area contributed by atoms with Gasteiger partial charge < -0.3 is 40.0 Å². The number of aliphatic hydroxyl groups excluding tert-OH is 1. The van der Waals surface area contributed by atoms with Crippen LogP contribution in [0.3, 0.4) is 0 Å². The number of aliphatic hydroxyl groups is 1. The summed E-state index contributed by atoms with van der Waals surface area (Å²) >= 11 is 0. The van der Waals surface area contributed by atoms with Gasteiger partial charge in [0, 0.05) is 23.5 Å². The zero-order chi connectivity index (χ0) is 26.3. The molecule has 0 aliphatic rings. The van der Waals surface area contributed by atoms with Crippen LogP contribution in [0.25, 0.3) is 0 Å². The molecule has 0 aliphatic heterocycles. The number of hydrogen-bond acceptors (Lipinski definition) is 11. The van der Waals surface area contributed by atoms with Crippen molar-refractivity contribution < 1.29 is 73.1 Å². The average Bonchev–Trinajstić information content (AvgIpc) is 2.55. The van der Waals surface area contributed by atoms with Gasteiger partial charge in [-0.15, -0.1) is 0 Å². The van der Waals surface area contributed by atoms with E-state index in [0.717, 1.165) is 7.11 Å². The molecule has 8 N–H and O–H groups in total. The molecule has 0 rings (SSSR count). The van der Waals surface area contributed by atoms with Crippen LogP contribution in [0, 0.1) is 9.93 Å². The van der Waals surface area contributed by atoms with Gasteiger partial charge in [0.1, 0.15) is 6.29 Å². The standard InChI is InChI=1S/C5H10NO7P.C4H9O5P.CO2.CH4O.O2/c7-4(8)1-6(2-5(9)10)3-14(11,12)13;5-4(6)2-1-3-10(7,8)9;2-1-3;2*1-2/h1-3H2,(H,7,8)(H,9,10)(H2,11,12,13);1-3H2,(H,5,6)(H2,7,8,9);;2H,1H3;. The summed E-state index contributed by atoms with van der Waals surface area (Å²) in [5, 5.41) is 31.7. The maximum atomic E-state index is 10.5. The zero-order valence-corrected chi connectivity index (χ0v) is 17.6. The van der Waals surface area contributed by atoms with Gasteiger partial charge in [-0.3, -0.25) is 28.4 Å². The summed E-state index contributed by atoms with van der Waals surface area (Å²) in [6.45, 7) is -1.45. The highest BCUT2D eigenvalue weighted by molar-refractivity contribution is 7.51. The third-order valence-electron chi connectivity index (χ3n) is 1.94. The lowest BCUT2D eigenvalue weighted by Crippen LogP contribution is -2.35. The Labute approximate surface area is 173 Å². The summed E-state index contributed by atoms with van der Waals surface area (Å²) in [7, 11) is -7.42. The highest BCUT2D eigenvalue weighted by atomic mass is 31.2. The van der Waals surface area contributed by atoms with Crippen LogP contribution in [0.15, 0.2) is 0 Å². The first-order valence-electron chi connectivity index (χ1n) is 7.11. The van der Waals surface area contributed by atoms with Gasteiger partial charge in [0.2, 0.25) is 0 Å². The van der Waals surface area contributed by atoms with E-state index in [1.165, 1.54) is 0 Å². The van der Waals surface area contributed by atoms with Gasteiger partial charge in [0.25, 0.3) is 0 Å². The fourth-order valence-corrected chi connectivity index (χ4v) is 2.53. The predicted molar refractivity (Wildman–Crippen MR) is 97.4 cm³/mol. The average molecular weight is 503 g/mol. The Balaban J connectivity index is -0.000000116. The molecule has 31 heavy (non-hydrogen) atoms. The van der Waals surface area contributed by atoms with Crippen molar-refractivity contribution in [3.8, 4) is 0 Å². The highest BCUT2D eigenvalue weighted by Gasteiger charge is 2.22. The fraction of sp³-hybridized carbons (Fsp3) is 0.636. The van der Waals surface area contributed by atoms with Crippen molar-refractivity contribution >= 4 is 39.3 Å². The molecule has 0 bridgehead atoms. The summed E-state index contributed by atoms with van der Waals surface area (Å²) in [5.41, 5.74) is 0. The second kappa shape index (κ2) is 23.9. The molecule has 0 aromatic rings. The van der Waals surface area contributed by atoms with Gasteiger partial charge in [0.05, 0.1) is 19.3 Å². The van der Waals surface area contributed by atoms with Crippen molar-refractivity contribution in [2.45, 2.75) is 12.8 Å². The van der Waals surface area contributed by atoms with E-state index in [4.69, 9.17) is 59.5 Å². The molecule has 0 aromatic carbocycles. The van der Waals surface area contributed by atoms with Crippen LogP contribution in [0.2, 0.25) is 0 Å². The molecule has 0 amide bonds.